The second-order valence-corrected chi connectivity index (χ2v) is 6.51. The van der Waals surface area contributed by atoms with Gasteiger partial charge in [0.2, 0.25) is 0 Å². The van der Waals surface area contributed by atoms with Gasteiger partial charge >= 0.3 is 0 Å². The smallest absolute Gasteiger partial charge is 0.0406 e. The highest BCUT2D eigenvalue weighted by Gasteiger charge is 2.29. The van der Waals surface area contributed by atoms with Crippen LogP contribution in [0.2, 0.25) is 5.02 Å². The minimum absolute atomic E-state index is 0.371. The summed E-state index contributed by atoms with van der Waals surface area (Å²) in [5.74, 6) is 2.26. The topological polar surface area (TPSA) is 26.0 Å². The lowest BCUT2D eigenvalue weighted by Crippen LogP contribution is -2.38. The Morgan fingerprint density at radius 2 is 1.89 bits per heavy atom. The highest BCUT2D eigenvalue weighted by atomic mass is 35.5. The van der Waals surface area contributed by atoms with Crippen LogP contribution in [0.5, 0.6) is 0 Å². The van der Waals surface area contributed by atoms with Crippen LogP contribution in [-0.4, -0.2) is 6.04 Å². The standard InChI is InChI=1S/C16H24ClN/c1-11(2)13-5-8-16(18)14(10-13)9-12-3-6-15(17)7-4-12/h3-4,6-7,11,13-14,16H,5,8-10,18H2,1-2H3/t13-,14-,16-/m0/s1. The predicted octanol–water partition coefficient (Wildman–Crippen LogP) is 4.28. The molecule has 1 aromatic rings. The van der Waals surface area contributed by atoms with E-state index in [2.05, 4.69) is 26.0 Å². The van der Waals surface area contributed by atoms with E-state index in [0.29, 0.717) is 12.0 Å². The molecule has 1 aliphatic rings. The molecule has 0 saturated heterocycles. The summed E-state index contributed by atoms with van der Waals surface area (Å²) >= 11 is 5.92. The van der Waals surface area contributed by atoms with Gasteiger partial charge in [-0.15, -0.1) is 0 Å². The number of hydrogen-bond donors (Lipinski definition) is 1. The zero-order valence-corrected chi connectivity index (χ0v) is 12.2. The molecule has 0 heterocycles. The van der Waals surface area contributed by atoms with Crippen molar-refractivity contribution >= 4 is 11.6 Å². The van der Waals surface area contributed by atoms with Crippen LogP contribution < -0.4 is 5.73 Å². The predicted molar refractivity (Wildman–Crippen MR) is 78.8 cm³/mol. The maximum absolute atomic E-state index is 6.29. The Morgan fingerprint density at radius 1 is 1.22 bits per heavy atom. The average molecular weight is 266 g/mol. The zero-order chi connectivity index (χ0) is 13.1. The fourth-order valence-electron chi connectivity index (χ4n) is 3.09. The van der Waals surface area contributed by atoms with E-state index in [1.807, 2.05) is 12.1 Å². The Kier molecular flexibility index (Phi) is 4.69. The highest BCUT2D eigenvalue weighted by Crippen LogP contribution is 2.34. The number of halogens is 1. The third-order valence-corrected chi connectivity index (χ3v) is 4.69. The molecule has 0 aliphatic heterocycles. The largest absolute Gasteiger partial charge is 0.327 e. The van der Waals surface area contributed by atoms with Crippen LogP contribution in [0, 0.1) is 17.8 Å². The van der Waals surface area contributed by atoms with Crippen molar-refractivity contribution in [3.63, 3.8) is 0 Å². The van der Waals surface area contributed by atoms with Gasteiger partial charge in [-0.3, -0.25) is 0 Å². The van der Waals surface area contributed by atoms with Gasteiger partial charge in [-0.25, -0.2) is 0 Å². The molecule has 1 aliphatic carbocycles. The Morgan fingerprint density at radius 3 is 2.50 bits per heavy atom. The normalized spacial score (nSPS) is 28.6. The molecule has 0 bridgehead atoms. The molecule has 2 N–H and O–H groups in total. The van der Waals surface area contributed by atoms with Crippen molar-refractivity contribution in [2.24, 2.45) is 23.5 Å². The molecule has 0 amide bonds. The SMILES string of the molecule is CC(C)[C@H]1CC[C@H](N)[C@@H](Cc2ccc(Cl)cc2)C1. The highest BCUT2D eigenvalue weighted by molar-refractivity contribution is 6.30. The first-order chi connectivity index (χ1) is 8.56. The van der Waals surface area contributed by atoms with E-state index in [1.54, 1.807) is 0 Å². The van der Waals surface area contributed by atoms with Crippen molar-refractivity contribution in [2.45, 2.75) is 45.6 Å². The Bertz CT molecular complexity index is 371. The summed E-state index contributed by atoms with van der Waals surface area (Å²) in [5, 5.41) is 0.812. The summed E-state index contributed by atoms with van der Waals surface area (Å²) in [4.78, 5) is 0. The van der Waals surface area contributed by atoms with E-state index in [1.165, 1.54) is 24.8 Å². The van der Waals surface area contributed by atoms with Gasteiger partial charge in [-0.05, 0) is 61.1 Å². The third kappa shape index (κ3) is 3.49. The Hall–Kier alpha value is -0.530. The second-order valence-electron chi connectivity index (χ2n) is 6.07. The molecule has 2 heteroatoms. The van der Waals surface area contributed by atoms with Crippen LogP contribution in [0.15, 0.2) is 24.3 Å². The van der Waals surface area contributed by atoms with E-state index >= 15 is 0 Å². The number of hydrogen-bond acceptors (Lipinski definition) is 1. The van der Waals surface area contributed by atoms with Crippen LogP contribution in [0.25, 0.3) is 0 Å². The van der Waals surface area contributed by atoms with Crippen LogP contribution in [0.1, 0.15) is 38.7 Å². The van der Waals surface area contributed by atoms with Crippen LogP contribution in [-0.2, 0) is 6.42 Å². The van der Waals surface area contributed by atoms with Crippen molar-refractivity contribution in [3.05, 3.63) is 34.9 Å². The summed E-state index contributed by atoms with van der Waals surface area (Å²) < 4.78 is 0. The zero-order valence-electron chi connectivity index (χ0n) is 11.4. The number of nitrogens with two attached hydrogens (primary N) is 1. The lowest BCUT2D eigenvalue weighted by atomic mass is 9.72. The fraction of sp³-hybridized carbons (Fsp3) is 0.625. The molecule has 0 radical (unpaired) electrons. The summed E-state index contributed by atoms with van der Waals surface area (Å²) in [6.07, 6.45) is 4.86. The minimum atomic E-state index is 0.371. The van der Waals surface area contributed by atoms with Gasteiger partial charge in [0, 0.05) is 11.1 Å². The van der Waals surface area contributed by atoms with E-state index in [4.69, 9.17) is 17.3 Å². The maximum atomic E-state index is 6.29. The van der Waals surface area contributed by atoms with Crippen molar-refractivity contribution in [2.75, 3.05) is 0 Å². The summed E-state index contributed by atoms with van der Waals surface area (Å²) in [7, 11) is 0. The van der Waals surface area contributed by atoms with Gasteiger partial charge in [0.25, 0.3) is 0 Å². The molecule has 100 valence electrons. The van der Waals surface area contributed by atoms with Gasteiger partial charge in [-0.2, -0.15) is 0 Å². The Balaban J connectivity index is 2.00. The summed E-state index contributed by atoms with van der Waals surface area (Å²) in [6.45, 7) is 4.67. The van der Waals surface area contributed by atoms with Gasteiger partial charge in [-0.1, -0.05) is 37.6 Å². The van der Waals surface area contributed by atoms with E-state index in [0.717, 1.165) is 23.3 Å². The third-order valence-electron chi connectivity index (χ3n) is 4.44. The van der Waals surface area contributed by atoms with E-state index in [9.17, 15) is 0 Å². The van der Waals surface area contributed by atoms with Crippen molar-refractivity contribution in [3.8, 4) is 0 Å². The van der Waals surface area contributed by atoms with Crippen molar-refractivity contribution in [1.29, 1.82) is 0 Å². The molecule has 3 atom stereocenters. The molecule has 1 fully saturated rings. The molecule has 1 nitrogen and oxygen atoms in total. The first kappa shape index (κ1) is 13.9. The van der Waals surface area contributed by atoms with Crippen LogP contribution in [0.3, 0.4) is 0 Å². The first-order valence-corrected chi connectivity index (χ1v) is 7.44. The maximum Gasteiger partial charge on any atom is 0.0406 e. The minimum Gasteiger partial charge on any atom is -0.327 e. The monoisotopic (exact) mass is 265 g/mol. The van der Waals surface area contributed by atoms with E-state index in [-0.39, 0.29) is 0 Å². The lowest BCUT2D eigenvalue weighted by molar-refractivity contribution is 0.189. The molecule has 1 aromatic carbocycles. The summed E-state index contributed by atoms with van der Waals surface area (Å²) in [6, 6.07) is 8.59. The second kappa shape index (κ2) is 6.08. The van der Waals surface area contributed by atoms with E-state index < -0.39 is 0 Å². The molecule has 1 saturated carbocycles. The van der Waals surface area contributed by atoms with Crippen LogP contribution >= 0.6 is 11.6 Å². The molecular weight excluding hydrogens is 242 g/mol. The molecule has 18 heavy (non-hydrogen) atoms. The van der Waals surface area contributed by atoms with Gasteiger partial charge in [0.05, 0.1) is 0 Å². The first-order valence-electron chi connectivity index (χ1n) is 7.06. The number of rotatable bonds is 3. The quantitative estimate of drug-likeness (QED) is 0.867. The fourth-order valence-corrected chi connectivity index (χ4v) is 3.21. The van der Waals surface area contributed by atoms with Crippen molar-refractivity contribution < 1.29 is 0 Å². The van der Waals surface area contributed by atoms with Gasteiger partial charge in [0.1, 0.15) is 0 Å². The summed E-state index contributed by atoms with van der Waals surface area (Å²) in [5.41, 5.74) is 7.66. The molecule has 0 unspecified atom stereocenters. The van der Waals surface area contributed by atoms with Gasteiger partial charge in [0.15, 0.2) is 0 Å². The molecule has 2 rings (SSSR count). The lowest BCUT2D eigenvalue weighted by Gasteiger charge is -2.36. The van der Waals surface area contributed by atoms with Gasteiger partial charge < -0.3 is 5.73 Å². The number of benzene rings is 1. The molecular formula is C16H24ClN. The molecule has 0 aromatic heterocycles. The Labute approximate surface area is 116 Å². The van der Waals surface area contributed by atoms with Crippen LogP contribution in [0.4, 0.5) is 0 Å². The van der Waals surface area contributed by atoms with Crippen molar-refractivity contribution in [1.82, 2.24) is 0 Å². The molecule has 0 spiro atoms. The average Bonchev–Trinajstić information content (AvgIpc) is 2.34.